The number of hydrogen-bond donors (Lipinski definition) is 7. The molecule has 24 saturated carbocycles. The molecule has 0 aliphatic heterocycles. The average molecular weight is 1830 g/mol. The van der Waals surface area contributed by atoms with Crippen molar-refractivity contribution in [3.05, 3.63) is 213 Å². The maximum Gasteiger partial charge on any atom is 0.304 e. The Morgan fingerprint density at radius 3 is 0.910 bits per heavy atom. The molecule has 0 aromatic heterocycles. The van der Waals surface area contributed by atoms with Crippen molar-refractivity contribution in [2.75, 3.05) is 0 Å². The van der Waals surface area contributed by atoms with Crippen molar-refractivity contribution >= 4 is 47.4 Å². The first-order chi connectivity index (χ1) is 63.4. The van der Waals surface area contributed by atoms with Gasteiger partial charge in [-0.3, -0.25) is 28.8 Å². The molecule has 7 N–H and O–H groups in total. The molecule has 24 bridgehead atoms. The van der Waals surface area contributed by atoms with Crippen LogP contribution >= 0.6 is 11.6 Å². The fourth-order valence-corrected chi connectivity index (χ4v) is 37.7. The Hall–Kier alpha value is -7.75. The van der Waals surface area contributed by atoms with Crippen molar-refractivity contribution in [1.82, 2.24) is 0 Å². The zero-order chi connectivity index (χ0) is 93.5. The minimum Gasteiger partial charge on any atom is -0.481 e. The molecular formula is C117H147ClF2O13. The van der Waals surface area contributed by atoms with Crippen molar-refractivity contribution in [3.63, 3.8) is 0 Å². The van der Waals surface area contributed by atoms with E-state index in [9.17, 15) is 73.3 Å². The summed E-state index contributed by atoms with van der Waals surface area (Å²) in [6.45, 7) is 16.2. The molecule has 0 spiro atoms. The van der Waals surface area contributed by atoms with Crippen LogP contribution in [0.1, 0.15) is 285 Å². The highest BCUT2D eigenvalue weighted by Gasteiger charge is 2.68. The largest absolute Gasteiger partial charge is 0.481 e. The molecular weight excluding hydrogens is 1690 g/mol. The normalized spacial score (nSPS) is 42.3. The number of rotatable bonds is 20. The Morgan fingerprint density at radius 1 is 0.308 bits per heavy atom. The van der Waals surface area contributed by atoms with Crippen LogP contribution in [0.2, 0.25) is 5.02 Å². The predicted octanol–water partition coefficient (Wildman–Crippen LogP) is 25.8. The summed E-state index contributed by atoms with van der Waals surface area (Å²) in [5.74, 6) is 12.3. The van der Waals surface area contributed by atoms with Gasteiger partial charge >= 0.3 is 35.8 Å². The van der Waals surface area contributed by atoms with Crippen molar-refractivity contribution in [3.8, 4) is 0 Å². The van der Waals surface area contributed by atoms with Crippen LogP contribution in [-0.2, 0) is 63.3 Å². The second kappa shape index (κ2) is 36.2. The van der Waals surface area contributed by atoms with E-state index in [2.05, 4.69) is 127 Å². The van der Waals surface area contributed by atoms with E-state index >= 15 is 0 Å². The molecule has 6 aromatic carbocycles. The zero-order valence-corrected chi connectivity index (χ0v) is 80.5. The van der Waals surface area contributed by atoms with Gasteiger partial charge in [-0.2, -0.15) is 0 Å². The fourth-order valence-electron chi connectivity index (χ4n) is 37.5. The summed E-state index contributed by atoms with van der Waals surface area (Å²) in [5.41, 5.74) is 8.22. The number of aryl methyl sites for hydroxylation is 2. The van der Waals surface area contributed by atoms with Crippen molar-refractivity contribution in [1.29, 1.82) is 0 Å². The smallest absolute Gasteiger partial charge is 0.304 e. The molecule has 0 heterocycles. The van der Waals surface area contributed by atoms with E-state index in [1.807, 2.05) is 36.4 Å². The lowest BCUT2D eigenvalue weighted by molar-refractivity contribution is -0.198. The zero-order valence-electron chi connectivity index (χ0n) is 79.7. The van der Waals surface area contributed by atoms with E-state index in [4.69, 9.17) is 11.6 Å². The van der Waals surface area contributed by atoms with E-state index in [1.54, 1.807) is 24.3 Å². The summed E-state index contributed by atoms with van der Waals surface area (Å²) < 4.78 is 27.6. The highest BCUT2D eigenvalue weighted by Crippen LogP contribution is 2.73. The molecule has 30 rings (SSSR count). The van der Waals surface area contributed by atoms with Gasteiger partial charge in [0.25, 0.3) is 0 Å². The van der Waals surface area contributed by atoms with E-state index in [0.29, 0.717) is 102 Å². The van der Waals surface area contributed by atoms with Gasteiger partial charge in [-0.1, -0.05) is 173 Å². The fraction of sp³-hybridized carbons (Fsp3) is 0.641. The van der Waals surface area contributed by atoms with Gasteiger partial charge in [0.15, 0.2) is 0 Å². The number of benzene rings is 6. The maximum atomic E-state index is 13.8. The first-order valence-electron chi connectivity index (χ1n) is 51.9. The van der Waals surface area contributed by atoms with Crippen LogP contribution in [0.4, 0.5) is 8.78 Å². The number of carboxylic acid groups (broad SMARTS) is 6. The Labute approximate surface area is 792 Å². The third-order valence-corrected chi connectivity index (χ3v) is 42.7. The van der Waals surface area contributed by atoms with Gasteiger partial charge in [-0.25, -0.2) is 8.78 Å². The monoisotopic (exact) mass is 1830 g/mol. The van der Waals surface area contributed by atoms with E-state index < -0.39 is 41.4 Å². The summed E-state index contributed by atoms with van der Waals surface area (Å²) in [6.07, 6.45) is 33.2. The van der Waals surface area contributed by atoms with Gasteiger partial charge in [-0.15, -0.1) is 0 Å². The molecule has 0 radical (unpaired) electrons. The van der Waals surface area contributed by atoms with Crippen molar-refractivity contribution in [2.45, 2.75) is 294 Å². The third-order valence-electron chi connectivity index (χ3n) is 42.5. The Balaban J connectivity index is 0.000000103. The molecule has 24 aliphatic carbocycles. The van der Waals surface area contributed by atoms with Crippen LogP contribution in [0.15, 0.2) is 152 Å². The second-order valence-electron chi connectivity index (χ2n) is 48.9. The molecule has 0 saturated heterocycles. The highest BCUT2D eigenvalue weighted by atomic mass is 35.5. The Bertz CT molecular complexity index is 4930. The lowest BCUT2D eigenvalue weighted by Crippen LogP contribution is -2.61. The van der Waals surface area contributed by atoms with Crippen LogP contribution in [0.5, 0.6) is 0 Å². The molecule has 714 valence electrons. The summed E-state index contributed by atoms with van der Waals surface area (Å²) in [7, 11) is 0. The summed E-state index contributed by atoms with van der Waals surface area (Å²) >= 11 is 6.17. The molecule has 0 amide bonds. The minimum absolute atomic E-state index is 0.0626. The number of hydrogen-bond acceptors (Lipinski definition) is 7. The van der Waals surface area contributed by atoms with Crippen LogP contribution in [0.3, 0.4) is 0 Å². The average Bonchev–Trinajstić information content (AvgIpc) is 0.807. The molecule has 13 nitrogen and oxygen atoms in total. The van der Waals surface area contributed by atoms with Gasteiger partial charge in [0.2, 0.25) is 0 Å². The van der Waals surface area contributed by atoms with Gasteiger partial charge < -0.3 is 35.7 Å². The van der Waals surface area contributed by atoms with Crippen LogP contribution < -0.4 is 0 Å². The molecule has 24 aliphatic rings. The number of aliphatic hydroxyl groups is 1. The molecule has 133 heavy (non-hydrogen) atoms. The van der Waals surface area contributed by atoms with E-state index in [1.165, 1.54) is 129 Å². The van der Waals surface area contributed by atoms with E-state index in [0.717, 1.165) is 189 Å². The van der Waals surface area contributed by atoms with Gasteiger partial charge in [-0.05, 0) is 434 Å². The molecule has 16 heteroatoms. The lowest BCUT2D eigenvalue weighted by atomic mass is 9.40. The molecule has 4 unspecified atom stereocenters. The first-order valence-corrected chi connectivity index (χ1v) is 52.3. The Kier molecular flexibility index (Phi) is 25.7. The van der Waals surface area contributed by atoms with Crippen LogP contribution in [0, 0.1) is 196 Å². The number of aliphatic carboxylic acids is 6. The predicted molar refractivity (Wildman–Crippen MR) is 512 cm³/mol. The number of carboxylic acids is 6. The topological polar surface area (TPSA) is 244 Å². The second-order valence-corrected chi connectivity index (χ2v) is 49.3. The lowest BCUT2D eigenvalue weighted by Gasteiger charge is -2.65. The van der Waals surface area contributed by atoms with Gasteiger partial charge in [0, 0.05) is 26.7 Å². The highest BCUT2D eigenvalue weighted by molar-refractivity contribution is 6.30. The van der Waals surface area contributed by atoms with Crippen LogP contribution in [-0.4, -0.2) is 77.2 Å². The molecule has 24 fully saturated rings. The summed E-state index contributed by atoms with van der Waals surface area (Å²) in [4.78, 5) is 70.0. The first kappa shape index (κ1) is 94.2. The third kappa shape index (κ3) is 17.2. The van der Waals surface area contributed by atoms with Crippen molar-refractivity contribution in [2.24, 2.45) is 170 Å². The van der Waals surface area contributed by atoms with Crippen molar-refractivity contribution < 1.29 is 73.3 Å². The molecule has 6 aromatic rings. The summed E-state index contributed by atoms with van der Waals surface area (Å²) in [6, 6.07) is 49.3. The SMILES string of the molecule is CC12CC3CC(C1)C(CC(=O)O)(Cc1cccc(Cl)c1)C(C3)C2.CC1C2CC3CC1CC(C2)C3(CC(=O)O)c1cccc(F)c1.CC1C2CC3CC1CC(C2)C3(CC(=O)O)c1cccc(F)c1.CC1C2CC3CC1CC(C2)C3(CC(=O)O)c1ccccc1.Cc1ccc(C2(CC(=O)O)C3CC4CC2CC(C3)C4C)cc1.Cc1cccc(CC2(CC(=O)O)C3CC4CC2CC(O)(C4)C3)c1. The summed E-state index contributed by atoms with van der Waals surface area (Å²) in [5, 5.41) is 69.1. The minimum atomic E-state index is -0.746. The Morgan fingerprint density at radius 2 is 0.602 bits per heavy atom. The van der Waals surface area contributed by atoms with E-state index in [-0.39, 0.29) is 63.4 Å². The quantitative estimate of drug-likeness (QED) is 0.0377. The number of carbonyl (C=O) groups is 6. The molecule has 4 atom stereocenters. The maximum absolute atomic E-state index is 13.8. The van der Waals surface area contributed by atoms with Crippen LogP contribution in [0.25, 0.3) is 0 Å². The van der Waals surface area contributed by atoms with Gasteiger partial charge in [0.05, 0.1) is 44.1 Å². The van der Waals surface area contributed by atoms with Gasteiger partial charge in [0.1, 0.15) is 11.6 Å². The number of halogens is 3. The standard InChI is InChI=1S/C20H25ClO2.C20H26O3.C20H26O2.2C19H23FO2.C19H24O2/c1-19-8-14-5-15(10-19)20(12-18(22)23,16(6-14)11-19)9-13-3-2-4-17(21)7-13;1-13-3-2-4-14(5-13)9-20(12-18(21)22)16-6-15-7-17(20)11-19(23,8-15)10-16;1-12-3-5-16(6-4-12)20(11-19(21)22)17-7-14-8-18(20)10-15(9-17)13(14)2;2*1-11-12-5-15-7-13(11)8-16(6-12)19(15,10-18(21)22)14-3-2-4-17(20)9-14;1-12-13-7-16-9-14(12)10-17(8-13)19(16,11-18(20)21)15-5-3-2-4-6-15/h2-4,7,14-16H,5-6,8-12H2,1H3,(H,22,23);2-5,15-17,23H,6-12H2,1H3,(H,21,22);3-6,13-15,17-18H,7-11H2,1-2H3,(H,21,22);2*2-4,9,11-13,15-16H,5-8,10H2,1H3,(H,21,22);2-6,12-14,16-17H,7-11H2,1H3,(H,20,21).